The topological polar surface area (TPSA) is 37.8 Å². The fraction of sp³-hybridized carbons (Fsp3) is 0.333. The number of halogens is 1. The Labute approximate surface area is 132 Å². The van der Waals surface area contributed by atoms with Crippen LogP contribution in [0.4, 0.5) is 0 Å². The van der Waals surface area contributed by atoms with Crippen molar-refractivity contribution in [3.05, 3.63) is 52.5 Å². The highest BCUT2D eigenvalue weighted by atomic mass is 79.9. The number of hydrogen-bond acceptors (Lipinski definition) is 4. The molecule has 1 aromatic heterocycles. The van der Waals surface area contributed by atoms with E-state index in [0.717, 1.165) is 28.3 Å². The number of nitrogens with zero attached hydrogens (tertiary/aromatic N) is 2. The first-order chi connectivity index (χ1) is 9.63. The first-order valence-corrected chi connectivity index (χ1v) is 8.34. The Morgan fingerprint density at radius 1 is 1.30 bits per heavy atom. The molecule has 0 unspecified atom stereocenters. The molecular weight excluding hydrogens is 334 g/mol. The number of aromatic nitrogens is 2. The average Bonchev–Trinajstić information content (AvgIpc) is 2.43. The zero-order valence-electron chi connectivity index (χ0n) is 11.6. The summed E-state index contributed by atoms with van der Waals surface area (Å²) in [6.45, 7) is 5.05. The molecule has 0 aliphatic rings. The lowest BCUT2D eigenvalue weighted by molar-refractivity contribution is 0.579. The summed E-state index contributed by atoms with van der Waals surface area (Å²) in [7, 11) is 0. The van der Waals surface area contributed by atoms with E-state index >= 15 is 0 Å². The summed E-state index contributed by atoms with van der Waals surface area (Å²) in [4.78, 5) is 10.1. The van der Waals surface area contributed by atoms with Gasteiger partial charge in [0, 0.05) is 28.2 Å². The Bertz CT molecular complexity index is 560. The Hall–Kier alpha value is -0.910. The minimum Gasteiger partial charge on any atom is -0.309 e. The van der Waals surface area contributed by atoms with Crippen molar-refractivity contribution in [1.82, 2.24) is 15.3 Å². The van der Waals surface area contributed by atoms with E-state index < -0.39 is 0 Å². The zero-order valence-corrected chi connectivity index (χ0v) is 14.0. The van der Waals surface area contributed by atoms with Gasteiger partial charge in [0.05, 0.1) is 11.4 Å². The van der Waals surface area contributed by atoms with E-state index in [1.807, 2.05) is 24.4 Å². The predicted octanol–water partition coefficient (Wildman–Crippen LogP) is 4.03. The smallest absolute Gasteiger partial charge is 0.138 e. The summed E-state index contributed by atoms with van der Waals surface area (Å²) in [6, 6.07) is 10.7. The van der Waals surface area contributed by atoms with Crippen LogP contribution in [0.3, 0.4) is 0 Å². The monoisotopic (exact) mass is 351 g/mol. The molecule has 0 amide bonds. The van der Waals surface area contributed by atoms with Gasteiger partial charge in [0.1, 0.15) is 5.82 Å². The highest BCUT2D eigenvalue weighted by Crippen LogP contribution is 2.24. The van der Waals surface area contributed by atoms with Gasteiger partial charge in [-0.25, -0.2) is 9.97 Å². The fourth-order valence-corrected chi connectivity index (χ4v) is 2.99. The third kappa shape index (κ3) is 5.23. The quantitative estimate of drug-likeness (QED) is 0.797. The molecule has 0 fully saturated rings. The van der Waals surface area contributed by atoms with Crippen LogP contribution < -0.4 is 5.32 Å². The lowest BCUT2D eigenvalue weighted by atomic mass is 10.3. The van der Waals surface area contributed by atoms with Crippen LogP contribution in [0.5, 0.6) is 0 Å². The molecule has 0 bridgehead atoms. The van der Waals surface area contributed by atoms with Crippen LogP contribution in [-0.2, 0) is 12.3 Å². The van der Waals surface area contributed by atoms with Crippen molar-refractivity contribution in [2.24, 2.45) is 0 Å². The third-order valence-corrected chi connectivity index (χ3v) is 4.10. The molecule has 0 aliphatic carbocycles. The largest absolute Gasteiger partial charge is 0.309 e. The SMILES string of the molecule is CC(C)NCc1ccnc(CSc2cccc(Br)c2)n1. The molecule has 1 aromatic carbocycles. The number of thioether (sulfide) groups is 1. The first-order valence-electron chi connectivity index (χ1n) is 6.56. The van der Waals surface area contributed by atoms with Gasteiger partial charge in [0.25, 0.3) is 0 Å². The van der Waals surface area contributed by atoms with Gasteiger partial charge in [-0.3, -0.25) is 0 Å². The lowest BCUT2D eigenvalue weighted by Crippen LogP contribution is -2.22. The number of benzene rings is 1. The lowest BCUT2D eigenvalue weighted by Gasteiger charge is -2.08. The van der Waals surface area contributed by atoms with Crippen molar-refractivity contribution in [3.63, 3.8) is 0 Å². The molecule has 5 heteroatoms. The van der Waals surface area contributed by atoms with Gasteiger partial charge in [-0.15, -0.1) is 11.8 Å². The van der Waals surface area contributed by atoms with E-state index in [2.05, 4.69) is 57.2 Å². The van der Waals surface area contributed by atoms with Crippen LogP contribution >= 0.6 is 27.7 Å². The van der Waals surface area contributed by atoms with Crippen molar-refractivity contribution in [1.29, 1.82) is 0 Å². The summed E-state index contributed by atoms with van der Waals surface area (Å²) in [5, 5.41) is 3.37. The second kappa shape index (κ2) is 7.76. The van der Waals surface area contributed by atoms with Crippen LogP contribution in [0.1, 0.15) is 25.4 Å². The molecule has 106 valence electrons. The molecule has 1 heterocycles. The molecule has 0 spiro atoms. The maximum absolute atomic E-state index is 4.58. The van der Waals surface area contributed by atoms with E-state index in [1.165, 1.54) is 4.90 Å². The second-order valence-electron chi connectivity index (χ2n) is 4.75. The average molecular weight is 352 g/mol. The van der Waals surface area contributed by atoms with Gasteiger partial charge in [0.2, 0.25) is 0 Å². The summed E-state index contributed by atoms with van der Waals surface area (Å²) < 4.78 is 1.10. The maximum atomic E-state index is 4.58. The highest BCUT2D eigenvalue weighted by Gasteiger charge is 2.02. The van der Waals surface area contributed by atoms with E-state index in [0.29, 0.717) is 6.04 Å². The van der Waals surface area contributed by atoms with E-state index in [1.54, 1.807) is 11.8 Å². The molecule has 2 rings (SSSR count). The standard InChI is InChI=1S/C15H18BrN3S/c1-11(2)18-9-13-6-7-17-15(19-13)10-20-14-5-3-4-12(16)8-14/h3-8,11,18H,9-10H2,1-2H3. The van der Waals surface area contributed by atoms with E-state index in [-0.39, 0.29) is 0 Å². The molecule has 20 heavy (non-hydrogen) atoms. The van der Waals surface area contributed by atoms with Crippen LogP contribution in [0.25, 0.3) is 0 Å². The van der Waals surface area contributed by atoms with Crippen molar-refractivity contribution in [3.8, 4) is 0 Å². The molecule has 0 saturated carbocycles. The highest BCUT2D eigenvalue weighted by molar-refractivity contribution is 9.10. The number of hydrogen-bond donors (Lipinski definition) is 1. The van der Waals surface area contributed by atoms with E-state index in [4.69, 9.17) is 0 Å². The third-order valence-electron chi connectivity index (χ3n) is 2.62. The van der Waals surface area contributed by atoms with Gasteiger partial charge in [0.15, 0.2) is 0 Å². The maximum Gasteiger partial charge on any atom is 0.138 e. The summed E-state index contributed by atoms with van der Waals surface area (Å²) in [5.74, 6) is 1.66. The summed E-state index contributed by atoms with van der Waals surface area (Å²) >= 11 is 5.23. The van der Waals surface area contributed by atoms with Crippen LogP contribution in [0.15, 0.2) is 45.9 Å². The summed E-state index contributed by atoms with van der Waals surface area (Å²) in [5.41, 5.74) is 1.04. The zero-order chi connectivity index (χ0) is 14.4. The minimum atomic E-state index is 0.462. The fourth-order valence-electron chi connectivity index (χ4n) is 1.62. The first kappa shape index (κ1) is 15.5. The summed E-state index contributed by atoms with van der Waals surface area (Å²) in [6.07, 6.45) is 1.83. The van der Waals surface area contributed by atoms with Crippen molar-refractivity contribution in [2.75, 3.05) is 0 Å². The Kier molecular flexibility index (Phi) is 6.01. The van der Waals surface area contributed by atoms with Gasteiger partial charge in [-0.1, -0.05) is 35.8 Å². The van der Waals surface area contributed by atoms with Crippen molar-refractivity contribution in [2.45, 2.75) is 37.1 Å². The van der Waals surface area contributed by atoms with Crippen molar-refractivity contribution >= 4 is 27.7 Å². The minimum absolute atomic E-state index is 0.462. The van der Waals surface area contributed by atoms with Gasteiger partial charge < -0.3 is 5.32 Å². The molecule has 1 N–H and O–H groups in total. The Morgan fingerprint density at radius 2 is 2.15 bits per heavy atom. The normalized spacial score (nSPS) is 11.0. The predicted molar refractivity (Wildman–Crippen MR) is 87.7 cm³/mol. The Balaban J connectivity index is 1.94. The van der Waals surface area contributed by atoms with Crippen LogP contribution in [-0.4, -0.2) is 16.0 Å². The molecular formula is C15H18BrN3S. The second-order valence-corrected chi connectivity index (χ2v) is 6.71. The molecule has 0 radical (unpaired) electrons. The molecule has 0 atom stereocenters. The molecule has 3 nitrogen and oxygen atoms in total. The van der Waals surface area contributed by atoms with E-state index in [9.17, 15) is 0 Å². The van der Waals surface area contributed by atoms with Gasteiger partial charge in [-0.2, -0.15) is 0 Å². The van der Waals surface area contributed by atoms with Gasteiger partial charge >= 0.3 is 0 Å². The van der Waals surface area contributed by atoms with Gasteiger partial charge in [-0.05, 0) is 24.3 Å². The Morgan fingerprint density at radius 3 is 2.90 bits per heavy atom. The molecule has 2 aromatic rings. The van der Waals surface area contributed by atoms with Crippen LogP contribution in [0.2, 0.25) is 0 Å². The van der Waals surface area contributed by atoms with Crippen LogP contribution in [0, 0.1) is 0 Å². The molecule has 0 aliphatic heterocycles. The van der Waals surface area contributed by atoms with Crippen molar-refractivity contribution < 1.29 is 0 Å². The number of nitrogens with one attached hydrogen (secondary N) is 1. The molecule has 0 saturated heterocycles. The number of rotatable bonds is 6.